The Labute approximate surface area is 91.1 Å². The lowest BCUT2D eigenvalue weighted by molar-refractivity contribution is 0.417. The first-order valence-corrected chi connectivity index (χ1v) is 5.37. The van der Waals surface area contributed by atoms with E-state index in [4.69, 9.17) is 4.74 Å². The number of rotatable bonds is 1. The maximum absolute atomic E-state index is 5.85. The van der Waals surface area contributed by atoms with E-state index in [9.17, 15) is 0 Å². The summed E-state index contributed by atoms with van der Waals surface area (Å²) in [6.07, 6.45) is 4.25. The average Bonchev–Trinajstić information content (AvgIpc) is 2.27. The number of benzene rings is 1. The smallest absolute Gasteiger partial charge is 0.134 e. The molecule has 0 saturated heterocycles. The summed E-state index contributed by atoms with van der Waals surface area (Å²) >= 11 is 0. The van der Waals surface area contributed by atoms with Crippen molar-refractivity contribution < 1.29 is 4.74 Å². The Morgan fingerprint density at radius 3 is 2.60 bits per heavy atom. The molecule has 0 aromatic heterocycles. The lowest BCUT2D eigenvalue weighted by Crippen LogP contribution is -2.09. The van der Waals surface area contributed by atoms with Crippen molar-refractivity contribution in [3.8, 4) is 5.75 Å². The van der Waals surface area contributed by atoms with Gasteiger partial charge in [-0.25, -0.2) is 0 Å². The van der Waals surface area contributed by atoms with Gasteiger partial charge in [0.15, 0.2) is 0 Å². The highest BCUT2D eigenvalue weighted by molar-refractivity contribution is 5.66. The molecule has 0 amide bonds. The highest BCUT2D eigenvalue weighted by atomic mass is 16.5. The van der Waals surface area contributed by atoms with Gasteiger partial charge in [0.25, 0.3) is 0 Å². The Bertz CT molecular complexity index is 425. The number of ether oxygens (including phenoxy) is 1. The van der Waals surface area contributed by atoms with Gasteiger partial charge in [-0.2, -0.15) is 0 Å². The molecular formula is C14H16O. The van der Waals surface area contributed by atoms with Crippen molar-refractivity contribution >= 4 is 6.08 Å². The van der Waals surface area contributed by atoms with Crippen LogP contribution >= 0.6 is 0 Å². The van der Waals surface area contributed by atoms with Crippen molar-refractivity contribution in [2.45, 2.75) is 20.8 Å². The molecule has 1 aliphatic rings. The highest BCUT2D eigenvalue weighted by Gasteiger charge is 2.17. The van der Waals surface area contributed by atoms with E-state index in [0.717, 1.165) is 11.5 Å². The van der Waals surface area contributed by atoms with Crippen molar-refractivity contribution in [2.24, 2.45) is 5.92 Å². The topological polar surface area (TPSA) is 9.23 Å². The fourth-order valence-corrected chi connectivity index (χ4v) is 1.79. The number of allylic oxidation sites excluding steroid dienone is 2. The Morgan fingerprint density at radius 2 is 1.93 bits per heavy atom. The van der Waals surface area contributed by atoms with Crippen molar-refractivity contribution in [3.63, 3.8) is 0 Å². The van der Waals surface area contributed by atoms with Crippen molar-refractivity contribution in [2.75, 3.05) is 0 Å². The first-order valence-electron chi connectivity index (χ1n) is 5.37. The van der Waals surface area contributed by atoms with E-state index in [1.165, 1.54) is 11.1 Å². The van der Waals surface area contributed by atoms with E-state index >= 15 is 0 Å². The van der Waals surface area contributed by atoms with Gasteiger partial charge in [0.1, 0.15) is 11.5 Å². The fraction of sp³-hybridized carbons (Fsp3) is 0.286. The minimum absolute atomic E-state index is 0.490. The summed E-state index contributed by atoms with van der Waals surface area (Å²) in [7, 11) is 0. The van der Waals surface area contributed by atoms with Gasteiger partial charge in [-0.15, -0.1) is 0 Å². The van der Waals surface area contributed by atoms with Crippen molar-refractivity contribution in [1.82, 2.24) is 0 Å². The average molecular weight is 200 g/mol. The van der Waals surface area contributed by atoms with Crippen LogP contribution in [0.15, 0.2) is 41.7 Å². The second-order valence-electron chi connectivity index (χ2n) is 4.05. The van der Waals surface area contributed by atoms with Crippen molar-refractivity contribution in [1.29, 1.82) is 0 Å². The predicted molar refractivity (Wildman–Crippen MR) is 63.6 cm³/mol. The van der Waals surface area contributed by atoms with E-state index in [1.54, 1.807) is 0 Å². The zero-order valence-corrected chi connectivity index (χ0v) is 9.45. The van der Waals surface area contributed by atoms with Crippen LogP contribution in [0.25, 0.3) is 6.08 Å². The lowest BCUT2D eigenvalue weighted by atomic mass is 9.96. The lowest BCUT2D eigenvalue weighted by Gasteiger charge is -2.22. The zero-order chi connectivity index (χ0) is 10.8. The Morgan fingerprint density at radius 1 is 1.20 bits per heavy atom. The zero-order valence-electron chi connectivity index (χ0n) is 9.45. The Hall–Kier alpha value is -1.50. The SMILES string of the molecule is C/C=C1/Oc2ccccc2C=C1C(C)C. The normalized spacial score (nSPS) is 17.3. The largest absolute Gasteiger partial charge is 0.457 e. The third-order valence-electron chi connectivity index (χ3n) is 2.62. The summed E-state index contributed by atoms with van der Waals surface area (Å²) in [6.45, 7) is 6.39. The number of hydrogen-bond acceptors (Lipinski definition) is 1. The van der Waals surface area contributed by atoms with Gasteiger partial charge in [0.2, 0.25) is 0 Å². The monoisotopic (exact) mass is 200 g/mol. The standard InChI is InChI=1S/C14H16O/c1-4-13-12(10(2)3)9-11-7-5-6-8-14(11)15-13/h4-10H,1-3H3/b13-4+. The molecule has 0 aliphatic carbocycles. The van der Waals surface area contributed by atoms with Crippen LogP contribution in [0.5, 0.6) is 5.75 Å². The first-order chi connectivity index (χ1) is 7.22. The summed E-state index contributed by atoms with van der Waals surface area (Å²) in [5.41, 5.74) is 2.45. The summed E-state index contributed by atoms with van der Waals surface area (Å²) in [5, 5.41) is 0. The van der Waals surface area contributed by atoms with E-state index in [1.807, 2.05) is 31.2 Å². The second-order valence-corrected chi connectivity index (χ2v) is 4.05. The molecule has 0 bridgehead atoms. The van der Waals surface area contributed by atoms with Gasteiger partial charge in [0, 0.05) is 5.56 Å². The molecule has 0 atom stereocenters. The van der Waals surface area contributed by atoms with Gasteiger partial charge in [-0.1, -0.05) is 32.0 Å². The minimum atomic E-state index is 0.490. The number of fused-ring (bicyclic) bond motifs is 1. The summed E-state index contributed by atoms with van der Waals surface area (Å²) < 4.78 is 5.85. The molecule has 1 aromatic carbocycles. The van der Waals surface area contributed by atoms with E-state index in [0.29, 0.717) is 5.92 Å². The van der Waals surface area contributed by atoms with Crippen LogP contribution in [0.1, 0.15) is 26.3 Å². The molecule has 1 nitrogen and oxygen atoms in total. The molecule has 0 radical (unpaired) electrons. The van der Waals surface area contributed by atoms with Gasteiger partial charge in [-0.05, 0) is 36.6 Å². The minimum Gasteiger partial charge on any atom is -0.457 e. The molecule has 0 fully saturated rings. The maximum atomic E-state index is 5.85. The number of hydrogen-bond donors (Lipinski definition) is 0. The Balaban J connectivity index is 2.51. The molecule has 1 heteroatoms. The van der Waals surface area contributed by atoms with Crippen LogP contribution in [-0.2, 0) is 0 Å². The van der Waals surface area contributed by atoms with Crippen LogP contribution in [0.2, 0.25) is 0 Å². The van der Waals surface area contributed by atoms with E-state index < -0.39 is 0 Å². The predicted octanol–water partition coefficient (Wildman–Crippen LogP) is 4.02. The van der Waals surface area contributed by atoms with Crippen LogP contribution in [-0.4, -0.2) is 0 Å². The summed E-state index contributed by atoms with van der Waals surface area (Å²) in [6, 6.07) is 8.13. The van der Waals surface area contributed by atoms with Crippen molar-refractivity contribution in [3.05, 3.63) is 47.2 Å². The van der Waals surface area contributed by atoms with E-state index in [2.05, 4.69) is 26.0 Å². The quantitative estimate of drug-likeness (QED) is 0.665. The van der Waals surface area contributed by atoms with Gasteiger partial charge >= 0.3 is 0 Å². The summed E-state index contributed by atoms with van der Waals surface area (Å²) in [5.74, 6) is 2.43. The van der Waals surface area contributed by atoms with Gasteiger partial charge < -0.3 is 4.74 Å². The van der Waals surface area contributed by atoms with Gasteiger partial charge in [0.05, 0.1) is 0 Å². The second kappa shape index (κ2) is 3.93. The molecule has 1 aliphatic heterocycles. The summed E-state index contributed by atoms with van der Waals surface area (Å²) in [4.78, 5) is 0. The molecule has 1 aromatic rings. The first kappa shape index (κ1) is 10.0. The molecule has 2 rings (SSSR count). The molecule has 0 spiro atoms. The van der Waals surface area contributed by atoms with E-state index in [-0.39, 0.29) is 0 Å². The third kappa shape index (κ3) is 1.82. The van der Waals surface area contributed by atoms with Crippen LogP contribution in [0.4, 0.5) is 0 Å². The molecule has 0 unspecified atom stereocenters. The van der Waals surface area contributed by atoms with Crippen LogP contribution in [0.3, 0.4) is 0 Å². The third-order valence-corrected chi connectivity index (χ3v) is 2.62. The molecule has 0 saturated carbocycles. The molecule has 78 valence electrons. The molecule has 15 heavy (non-hydrogen) atoms. The molecule has 0 N–H and O–H groups in total. The van der Waals surface area contributed by atoms with Gasteiger partial charge in [-0.3, -0.25) is 0 Å². The number of para-hydroxylation sites is 1. The Kier molecular flexibility index (Phi) is 2.63. The fourth-order valence-electron chi connectivity index (χ4n) is 1.79. The maximum Gasteiger partial charge on any atom is 0.134 e. The molecule has 1 heterocycles. The highest BCUT2D eigenvalue weighted by Crippen LogP contribution is 2.34. The molecular weight excluding hydrogens is 184 g/mol. The van der Waals surface area contributed by atoms with Crippen LogP contribution in [0, 0.1) is 5.92 Å². The van der Waals surface area contributed by atoms with Crippen LogP contribution < -0.4 is 4.74 Å².